The molecule has 3 heterocycles. The van der Waals surface area contributed by atoms with Crippen LogP contribution in [-0.4, -0.2) is 71.8 Å². The highest BCUT2D eigenvalue weighted by atomic mass is 16.2. The van der Waals surface area contributed by atoms with Crippen molar-refractivity contribution < 1.29 is 9.59 Å². The van der Waals surface area contributed by atoms with E-state index < -0.39 is 0 Å². The summed E-state index contributed by atoms with van der Waals surface area (Å²) in [4.78, 5) is 32.1. The second kappa shape index (κ2) is 8.07. The lowest BCUT2D eigenvalue weighted by molar-refractivity contribution is -0.143. The van der Waals surface area contributed by atoms with E-state index in [1.807, 2.05) is 11.8 Å². The number of rotatable bonds is 3. The Hall–Kier alpha value is -1.10. The SMILES string of the molecule is C[C@@H]1C[C@H](C)CN(C(=O)[C@@H](C)N2CCC[C@@H](C(=O)N3CCCC3)C2)C1. The van der Waals surface area contributed by atoms with E-state index in [2.05, 4.69) is 23.6 Å². The van der Waals surface area contributed by atoms with Gasteiger partial charge in [-0.25, -0.2) is 0 Å². The summed E-state index contributed by atoms with van der Waals surface area (Å²) in [6, 6.07) is -0.105. The normalized spacial score (nSPS) is 32.7. The standard InChI is InChI=1S/C20H35N3O2/c1-15-11-16(2)13-23(12-15)19(24)17(3)22-10-6-7-18(14-22)20(25)21-8-4-5-9-21/h15-18H,4-14H2,1-3H3/t15-,16+,17-,18-/m1/s1. The smallest absolute Gasteiger partial charge is 0.239 e. The maximum Gasteiger partial charge on any atom is 0.239 e. The van der Waals surface area contributed by atoms with Crippen molar-refractivity contribution >= 4 is 11.8 Å². The van der Waals surface area contributed by atoms with Gasteiger partial charge in [0.05, 0.1) is 12.0 Å². The van der Waals surface area contributed by atoms with Crippen molar-refractivity contribution in [1.29, 1.82) is 0 Å². The molecular formula is C20H35N3O2. The third-order valence-electron chi connectivity index (χ3n) is 6.31. The molecule has 0 aromatic carbocycles. The molecule has 0 aromatic heterocycles. The quantitative estimate of drug-likeness (QED) is 0.785. The summed E-state index contributed by atoms with van der Waals surface area (Å²) in [6.07, 6.45) is 5.50. The summed E-state index contributed by atoms with van der Waals surface area (Å²) in [6.45, 7) is 11.8. The van der Waals surface area contributed by atoms with Crippen molar-refractivity contribution in [2.75, 3.05) is 39.3 Å². The molecule has 0 N–H and O–H groups in total. The minimum Gasteiger partial charge on any atom is -0.342 e. The molecule has 3 aliphatic heterocycles. The van der Waals surface area contributed by atoms with Gasteiger partial charge in [-0.2, -0.15) is 0 Å². The molecule has 5 heteroatoms. The Morgan fingerprint density at radius 1 is 0.880 bits per heavy atom. The first-order valence-electron chi connectivity index (χ1n) is 10.3. The zero-order chi connectivity index (χ0) is 18.0. The van der Waals surface area contributed by atoms with Crippen molar-refractivity contribution in [3.63, 3.8) is 0 Å². The summed E-state index contributed by atoms with van der Waals surface area (Å²) in [5.74, 6) is 1.84. The second-order valence-electron chi connectivity index (χ2n) is 8.73. The molecule has 0 radical (unpaired) electrons. The average molecular weight is 350 g/mol. The molecule has 25 heavy (non-hydrogen) atoms. The number of hydrogen-bond acceptors (Lipinski definition) is 3. The van der Waals surface area contributed by atoms with Gasteiger partial charge in [0.25, 0.3) is 0 Å². The zero-order valence-corrected chi connectivity index (χ0v) is 16.2. The van der Waals surface area contributed by atoms with Crippen LogP contribution >= 0.6 is 0 Å². The number of carbonyl (C=O) groups is 2. The van der Waals surface area contributed by atoms with E-state index in [9.17, 15) is 9.59 Å². The van der Waals surface area contributed by atoms with E-state index in [1.165, 1.54) is 6.42 Å². The molecule has 2 amide bonds. The maximum absolute atomic E-state index is 13.0. The van der Waals surface area contributed by atoms with Crippen molar-refractivity contribution in [2.24, 2.45) is 17.8 Å². The van der Waals surface area contributed by atoms with E-state index >= 15 is 0 Å². The first-order valence-corrected chi connectivity index (χ1v) is 10.3. The van der Waals surface area contributed by atoms with E-state index in [1.54, 1.807) is 0 Å². The van der Waals surface area contributed by atoms with E-state index in [0.29, 0.717) is 17.7 Å². The van der Waals surface area contributed by atoms with Gasteiger partial charge in [-0.1, -0.05) is 13.8 Å². The van der Waals surface area contributed by atoms with Crippen LogP contribution in [0.3, 0.4) is 0 Å². The molecule has 3 aliphatic rings. The Labute approximate surface area is 152 Å². The monoisotopic (exact) mass is 349 g/mol. The molecule has 0 saturated carbocycles. The Balaban J connectivity index is 1.58. The van der Waals surface area contributed by atoms with Crippen molar-refractivity contribution in [1.82, 2.24) is 14.7 Å². The minimum atomic E-state index is -0.105. The van der Waals surface area contributed by atoms with Crippen molar-refractivity contribution in [3.05, 3.63) is 0 Å². The highest BCUT2D eigenvalue weighted by molar-refractivity contribution is 5.82. The summed E-state index contributed by atoms with van der Waals surface area (Å²) in [5, 5.41) is 0. The van der Waals surface area contributed by atoms with Gasteiger partial charge in [0, 0.05) is 32.7 Å². The van der Waals surface area contributed by atoms with Crippen LogP contribution in [0.25, 0.3) is 0 Å². The van der Waals surface area contributed by atoms with Gasteiger partial charge in [-0.3, -0.25) is 14.5 Å². The van der Waals surface area contributed by atoms with Crippen molar-refractivity contribution in [3.8, 4) is 0 Å². The maximum atomic E-state index is 13.0. The van der Waals surface area contributed by atoms with Gasteiger partial charge in [0.1, 0.15) is 0 Å². The number of piperidine rings is 2. The molecule has 3 saturated heterocycles. The second-order valence-corrected chi connectivity index (χ2v) is 8.73. The summed E-state index contributed by atoms with van der Waals surface area (Å²) < 4.78 is 0. The van der Waals surface area contributed by atoms with Gasteiger partial charge in [0.15, 0.2) is 0 Å². The largest absolute Gasteiger partial charge is 0.342 e. The minimum absolute atomic E-state index is 0.0845. The Morgan fingerprint density at radius 3 is 2.16 bits per heavy atom. The van der Waals surface area contributed by atoms with Crippen LogP contribution in [0.1, 0.15) is 52.9 Å². The Kier molecular flexibility index (Phi) is 6.03. The molecule has 3 rings (SSSR count). The predicted molar refractivity (Wildman–Crippen MR) is 99.1 cm³/mol. The summed E-state index contributed by atoms with van der Waals surface area (Å²) in [5.41, 5.74) is 0. The molecule has 0 unspecified atom stereocenters. The number of hydrogen-bond donors (Lipinski definition) is 0. The summed E-state index contributed by atoms with van der Waals surface area (Å²) >= 11 is 0. The molecule has 3 fully saturated rings. The van der Waals surface area contributed by atoms with Gasteiger partial charge in [0.2, 0.25) is 11.8 Å². The predicted octanol–water partition coefficient (Wildman–Crippen LogP) is 2.21. The van der Waals surface area contributed by atoms with Crippen molar-refractivity contribution in [2.45, 2.75) is 58.9 Å². The van der Waals surface area contributed by atoms with Crippen LogP contribution in [0.5, 0.6) is 0 Å². The third kappa shape index (κ3) is 4.36. The molecule has 0 bridgehead atoms. The number of likely N-dealkylation sites (tertiary alicyclic amines) is 3. The van der Waals surface area contributed by atoms with E-state index in [4.69, 9.17) is 0 Å². The Morgan fingerprint density at radius 2 is 1.52 bits per heavy atom. The average Bonchev–Trinajstić information content (AvgIpc) is 3.13. The van der Waals surface area contributed by atoms with Crippen LogP contribution in [0, 0.1) is 17.8 Å². The molecule has 0 aromatic rings. The number of carbonyl (C=O) groups excluding carboxylic acids is 2. The first-order chi connectivity index (χ1) is 12.0. The third-order valence-corrected chi connectivity index (χ3v) is 6.31. The molecule has 4 atom stereocenters. The zero-order valence-electron chi connectivity index (χ0n) is 16.2. The van der Waals surface area contributed by atoms with Gasteiger partial charge in [-0.15, -0.1) is 0 Å². The number of amides is 2. The number of nitrogens with zero attached hydrogens (tertiary/aromatic N) is 3. The van der Waals surface area contributed by atoms with Crippen LogP contribution in [0.2, 0.25) is 0 Å². The highest BCUT2D eigenvalue weighted by Crippen LogP contribution is 2.25. The van der Waals surface area contributed by atoms with E-state index in [0.717, 1.165) is 65.0 Å². The molecule has 142 valence electrons. The molecule has 5 nitrogen and oxygen atoms in total. The molecular weight excluding hydrogens is 314 g/mol. The molecule has 0 spiro atoms. The lowest BCUT2D eigenvalue weighted by Gasteiger charge is -2.41. The lowest BCUT2D eigenvalue weighted by atomic mass is 9.91. The summed E-state index contributed by atoms with van der Waals surface area (Å²) in [7, 11) is 0. The van der Waals surface area contributed by atoms with Gasteiger partial charge >= 0.3 is 0 Å². The van der Waals surface area contributed by atoms with Crippen LogP contribution < -0.4 is 0 Å². The fraction of sp³-hybridized carbons (Fsp3) is 0.900. The van der Waals surface area contributed by atoms with Gasteiger partial charge < -0.3 is 9.80 Å². The van der Waals surface area contributed by atoms with Gasteiger partial charge in [-0.05, 0) is 57.4 Å². The fourth-order valence-electron chi connectivity index (χ4n) is 5.02. The first kappa shape index (κ1) is 18.7. The van der Waals surface area contributed by atoms with Crippen LogP contribution in [0.4, 0.5) is 0 Å². The van der Waals surface area contributed by atoms with Crippen LogP contribution in [0.15, 0.2) is 0 Å². The van der Waals surface area contributed by atoms with E-state index in [-0.39, 0.29) is 17.9 Å². The lowest BCUT2D eigenvalue weighted by Crippen LogP contribution is -2.54. The van der Waals surface area contributed by atoms with Crippen LogP contribution in [-0.2, 0) is 9.59 Å². The molecule has 0 aliphatic carbocycles. The fourth-order valence-corrected chi connectivity index (χ4v) is 5.02. The highest BCUT2D eigenvalue weighted by Gasteiger charge is 2.36. The Bertz CT molecular complexity index is 479. The topological polar surface area (TPSA) is 43.9 Å².